The number of likely N-dealkylation sites (tertiary alicyclic amines) is 1. The van der Waals surface area contributed by atoms with E-state index in [1.54, 1.807) is 0 Å². The maximum atomic E-state index is 16.0. The quantitative estimate of drug-likeness (QED) is 0.227. The number of nitrogens with zero attached hydrogens (tertiary/aromatic N) is 2. The molecule has 0 saturated carbocycles. The summed E-state index contributed by atoms with van der Waals surface area (Å²) in [4.78, 5) is 41.7. The van der Waals surface area contributed by atoms with Gasteiger partial charge in [0, 0.05) is 23.4 Å². The molecule has 2 aliphatic rings. The molecule has 52 heavy (non-hydrogen) atoms. The van der Waals surface area contributed by atoms with Gasteiger partial charge in [-0.1, -0.05) is 25.7 Å². The van der Waals surface area contributed by atoms with Crippen LogP contribution >= 0.6 is 0 Å². The van der Waals surface area contributed by atoms with Gasteiger partial charge in [-0.25, -0.2) is 17.6 Å². The van der Waals surface area contributed by atoms with Crippen molar-refractivity contribution in [2.75, 3.05) is 19.6 Å². The van der Waals surface area contributed by atoms with Gasteiger partial charge in [-0.15, -0.1) is 0 Å². The zero-order valence-electron chi connectivity index (χ0n) is 28.8. The standard InChI is InChI=1S/C38H42F7N3O4/c1-22-15-26(39)16-23-9-5-3-2-4-6-11-31(48-21-24(10-7-12-47-13-8-14-47)27(36(41)42)19-32(48)49)37(52)46-30(20-33(50)51)28-17-25(34(22)23)18-29(35(28)40)38(43,44)45/h15-19,21,30-31,36H,2-14,20H2,1H3,(H,46,52)(H,50,51)/t30-,31-/m0/s1. The maximum Gasteiger partial charge on any atom is 0.419 e. The van der Waals surface area contributed by atoms with Crippen molar-refractivity contribution >= 4 is 11.9 Å². The third-order valence-electron chi connectivity index (χ3n) is 10.0. The smallest absolute Gasteiger partial charge is 0.419 e. The molecule has 7 nitrogen and oxygen atoms in total. The van der Waals surface area contributed by atoms with Gasteiger partial charge in [-0.2, -0.15) is 13.2 Å². The summed E-state index contributed by atoms with van der Waals surface area (Å²) < 4.78 is 103. The summed E-state index contributed by atoms with van der Waals surface area (Å²) in [7, 11) is 0. The van der Waals surface area contributed by atoms with Gasteiger partial charge in [-0.3, -0.25) is 14.4 Å². The number of hydrogen-bond donors (Lipinski definition) is 2. The van der Waals surface area contributed by atoms with Gasteiger partial charge in [0.15, 0.2) is 0 Å². The number of aromatic nitrogens is 1. The minimum Gasteiger partial charge on any atom is -0.481 e. The monoisotopic (exact) mass is 737 g/mol. The van der Waals surface area contributed by atoms with Crippen LogP contribution in [-0.4, -0.2) is 46.1 Å². The second-order valence-corrected chi connectivity index (χ2v) is 13.8. The summed E-state index contributed by atoms with van der Waals surface area (Å²) in [5.74, 6) is -4.92. The molecular formula is C38H42F7N3O4. The molecule has 1 amide bonds. The van der Waals surface area contributed by atoms with Gasteiger partial charge >= 0.3 is 12.1 Å². The Morgan fingerprint density at radius 3 is 2.35 bits per heavy atom. The molecule has 14 heteroatoms. The topological polar surface area (TPSA) is 91.6 Å². The van der Waals surface area contributed by atoms with E-state index in [1.165, 1.54) is 19.2 Å². The first kappa shape index (κ1) is 39.0. The first-order chi connectivity index (χ1) is 24.6. The molecular weight excluding hydrogens is 695 g/mol. The van der Waals surface area contributed by atoms with Crippen molar-refractivity contribution in [2.45, 2.75) is 102 Å². The van der Waals surface area contributed by atoms with E-state index in [9.17, 15) is 45.8 Å². The van der Waals surface area contributed by atoms with Crippen LogP contribution in [-0.2, 0) is 28.6 Å². The highest BCUT2D eigenvalue weighted by Crippen LogP contribution is 2.41. The Hall–Kier alpha value is -4.20. The Bertz CT molecular complexity index is 1840. The summed E-state index contributed by atoms with van der Waals surface area (Å²) in [6, 6.07) is 1.59. The van der Waals surface area contributed by atoms with Crippen molar-refractivity contribution in [3.05, 3.63) is 91.9 Å². The zero-order chi connectivity index (χ0) is 37.7. The highest BCUT2D eigenvalue weighted by atomic mass is 19.4. The lowest BCUT2D eigenvalue weighted by atomic mass is 9.87. The van der Waals surface area contributed by atoms with Crippen LogP contribution < -0.4 is 10.9 Å². The molecule has 5 rings (SSSR count). The van der Waals surface area contributed by atoms with Crippen LogP contribution in [0.3, 0.4) is 0 Å². The summed E-state index contributed by atoms with van der Waals surface area (Å²) >= 11 is 0. The number of pyridine rings is 1. The van der Waals surface area contributed by atoms with E-state index in [0.29, 0.717) is 63.1 Å². The van der Waals surface area contributed by atoms with Gasteiger partial charge in [-0.05, 0) is 117 Å². The molecule has 0 unspecified atom stereocenters. The Morgan fingerprint density at radius 2 is 1.69 bits per heavy atom. The fourth-order valence-corrected chi connectivity index (χ4v) is 7.30. The number of halogens is 7. The third kappa shape index (κ3) is 9.23. The van der Waals surface area contributed by atoms with Crippen LogP contribution in [0.4, 0.5) is 30.7 Å². The molecule has 2 aromatic carbocycles. The molecule has 2 N–H and O–H groups in total. The number of benzene rings is 2. The zero-order valence-corrected chi connectivity index (χ0v) is 28.8. The van der Waals surface area contributed by atoms with Crippen LogP contribution in [0.25, 0.3) is 11.1 Å². The Labute approximate surface area is 296 Å². The largest absolute Gasteiger partial charge is 0.481 e. The number of hydrogen-bond acceptors (Lipinski definition) is 4. The molecule has 0 radical (unpaired) electrons. The number of fused-ring (bicyclic) bond motifs is 4. The number of aliphatic carboxylic acids is 1. The van der Waals surface area contributed by atoms with E-state index in [-0.39, 0.29) is 35.1 Å². The van der Waals surface area contributed by atoms with Crippen molar-refractivity contribution in [3.8, 4) is 11.1 Å². The molecule has 1 fully saturated rings. The molecule has 282 valence electrons. The third-order valence-corrected chi connectivity index (χ3v) is 10.0. The minimum atomic E-state index is -5.23. The van der Waals surface area contributed by atoms with Gasteiger partial charge in [0.25, 0.3) is 12.0 Å². The van der Waals surface area contributed by atoms with Gasteiger partial charge in [0.05, 0.1) is 18.0 Å². The summed E-state index contributed by atoms with van der Waals surface area (Å²) in [6.07, 6.45) is -3.11. The lowest BCUT2D eigenvalue weighted by Crippen LogP contribution is -2.40. The van der Waals surface area contributed by atoms with E-state index in [1.807, 2.05) is 0 Å². The second kappa shape index (κ2) is 16.6. The van der Waals surface area contributed by atoms with E-state index in [4.69, 9.17) is 0 Å². The predicted octanol–water partition coefficient (Wildman–Crippen LogP) is 8.47. The Balaban J connectivity index is 1.62. The fourth-order valence-electron chi connectivity index (χ4n) is 7.30. The second-order valence-electron chi connectivity index (χ2n) is 13.8. The molecule has 1 saturated heterocycles. The summed E-state index contributed by atoms with van der Waals surface area (Å²) in [5.41, 5.74) is -2.86. The lowest BCUT2D eigenvalue weighted by Gasteiger charge is -2.30. The molecule has 2 bridgehead atoms. The lowest BCUT2D eigenvalue weighted by molar-refractivity contribution is -0.140. The van der Waals surface area contributed by atoms with Gasteiger partial charge < -0.3 is 19.9 Å². The van der Waals surface area contributed by atoms with Crippen molar-refractivity contribution in [1.82, 2.24) is 14.8 Å². The first-order valence-corrected chi connectivity index (χ1v) is 17.6. The van der Waals surface area contributed by atoms with Crippen LogP contribution in [0, 0.1) is 18.6 Å². The van der Waals surface area contributed by atoms with Gasteiger partial charge in [0.1, 0.15) is 17.7 Å². The number of carboxylic acid groups (broad SMARTS) is 1. The SMILES string of the molecule is Cc1cc(F)cc2c1-c1cc(c(F)c(C(F)(F)F)c1)[C@H](CC(=O)O)NC(=O)[C@@H](n1cc(CCCN3CCC3)c(C(F)F)cc1=O)CCCCCCC2. The van der Waals surface area contributed by atoms with Crippen molar-refractivity contribution in [2.24, 2.45) is 0 Å². The highest BCUT2D eigenvalue weighted by molar-refractivity contribution is 5.82. The molecule has 3 heterocycles. The van der Waals surface area contributed by atoms with Crippen molar-refractivity contribution in [1.29, 1.82) is 0 Å². The normalized spacial score (nSPS) is 19.2. The fraction of sp³-hybridized carbons (Fsp3) is 0.500. The van der Waals surface area contributed by atoms with Crippen LogP contribution in [0.1, 0.15) is 110 Å². The number of aryl methyl sites for hydroxylation is 3. The average molecular weight is 738 g/mol. The number of carbonyl (C=O) groups excluding carboxylic acids is 1. The number of carboxylic acids is 1. The Kier molecular flexibility index (Phi) is 12.5. The number of amides is 1. The van der Waals surface area contributed by atoms with E-state index in [2.05, 4.69) is 10.2 Å². The predicted molar refractivity (Wildman–Crippen MR) is 180 cm³/mol. The van der Waals surface area contributed by atoms with E-state index in [0.717, 1.165) is 42.3 Å². The molecule has 0 aliphatic carbocycles. The number of carbonyl (C=O) groups is 2. The van der Waals surface area contributed by atoms with Crippen LogP contribution in [0.5, 0.6) is 0 Å². The maximum absolute atomic E-state index is 16.0. The number of nitrogens with one attached hydrogen (secondary N) is 1. The van der Waals surface area contributed by atoms with Crippen molar-refractivity contribution < 1.29 is 45.4 Å². The average Bonchev–Trinajstić information content (AvgIpc) is 3.02. The summed E-state index contributed by atoms with van der Waals surface area (Å²) in [5, 5.41) is 12.2. The van der Waals surface area contributed by atoms with E-state index < -0.39 is 76.9 Å². The minimum absolute atomic E-state index is 0.0103. The Morgan fingerprint density at radius 1 is 0.981 bits per heavy atom. The molecule has 0 spiro atoms. The highest BCUT2D eigenvalue weighted by Gasteiger charge is 2.38. The number of alkyl halides is 5. The van der Waals surface area contributed by atoms with E-state index >= 15 is 4.39 Å². The first-order valence-electron chi connectivity index (χ1n) is 17.6. The van der Waals surface area contributed by atoms with Gasteiger partial charge in [0.2, 0.25) is 5.91 Å². The van der Waals surface area contributed by atoms with Crippen molar-refractivity contribution in [3.63, 3.8) is 0 Å². The molecule has 2 atom stereocenters. The van der Waals surface area contributed by atoms with Crippen LogP contribution in [0.15, 0.2) is 41.3 Å². The molecule has 1 aromatic heterocycles. The number of rotatable bonds is 8. The summed E-state index contributed by atoms with van der Waals surface area (Å²) in [6.45, 7) is 3.97. The molecule has 3 aromatic rings. The van der Waals surface area contributed by atoms with Crippen LogP contribution in [0.2, 0.25) is 0 Å². The molecule has 2 aliphatic heterocycles.